The number of thiophene rings is 3. The van der Waals surface area contributed by atoms with Gasteiger partial charge < -0.3 is 28.4 Å². The molecular weight excluding hydrogens is 1030 g/mol. The number of thioether (sulfide) groups is 2. The lowest BCUT2D eigenvalue weighted by molar-refractivity contribution is -0.0189. The molecule has 0 saturated carbocycles. The summed E-state index contributed by atoms with van der Waals surface area (Å²) in [6.07, 6.45) is 19.3. The van der Waals surface area contributed by atoms with Crippen molar-refractivity contribution in [3.05, 3.63) is 66.3 Å². The predicted molar refractivity (Wildman–Crippen MR) is 303 cm³/mol. The highest BCUT2D eigenvalue weighted by atomic mass is 79.9. The first kappa shape index (κ1) is 55.5. The van der Waals surface area contributed by atoms with E-state index < -0.39 is 0 Å². The molecule has 4 aliphatic rings. The molecule has 1 aliphatic heterocycles. The van der Waals surface area contributed by atoms with Crippen molar-refractivity contribution in [3.63, 3.8) is 0 Å². The molecule has 0 N–H and O–H groups in total. The van der Waals surface area contributed by atoms with Gasteiger partial charge in [0.25, 0.3) is 0 Å². The van der Waals surface area contributed by atoms with E-state index in [0.717, 1.165) is 195 Å². The third-order valence-corrected chi connectivity index (χ3v) is 23.0. The summed E-state index contributed by atoms with van der Waals surface area (Å²) >= 11 is 14.5. The SMILES string of the molecule is CCCCOCC1(COCCCC)Cc2c(Br)sc(-c3sc(-c4sc(C5Sc6ccccc6S5)c5c4CC(COCCCC)(COCCCC)C5)c4c3CC(COCCCC)(COCCCC)C4)c2C1. The van der Waals surface area contributed by atoms with Gasteiger partial charge in [0.2, 0.25) is 0 Å². The molecule has 12 heteroatoms. The van der Waals surface area contributed by atoms with Gasteiger partial charge in [0, 0.05) is 90.1 Å². The van der Waals surface area contributed by atoms with Crippen LogP contribution in [0.25, 0.3) is 19.5 Å². The van der Waals surface area contributed by atoms with Crippen LogP contribution >= 0.6 is 73.5 Å². The second-order valence-corrected chi connectivity index (χ2v) is 28.1. The highest BCUT2D eigenvalue weighted by Gasteiger charge is 2.48. The number of rotatable bonds is 33. The zero-order chi connectivity index (χ0) is 49.0. The van der Waals surface area contributed by atoms with Gasteiger partial charge in [-0.3, -0.25) is 0 Å². The summed E-state index contributed by atoms with van der Waals surface area (Å²) in [7, 11) is 0. The molecule has 4 aromatic rings. The minimum Gasteiger partial charge on any atom is -0.381 e. The summed E-state index contributed by atoms with van der Waals surface area (Å²) in [4.78, 5) is 10.3. The van der Waals surface area contributed by atoms with Crippen LogP contribution in [0.1, 0.15) is 161 Å². The summed E-state index contributed by atoms with van der Waals surface area (Å²) in [6, 6.07) is 9.04. The van der Waals surface area contributed by atoms with E-state index in [1.807, 2.05) is 11.3 Å². The summed E-state index contributed by atoms with van der Waals surface area (Å²) in [5.74, 6) is 0. The second-order valence-electron chi connectivity index (χ2n) is 21.1. The van der Waals surface area contributed by atoms with E-state index in [0.29, 0.717) is 4.58 Å². The van der Waals surface area contributed by atoms with Crippen LogP contribution in [0.3, 0.4) is 0 Å². The van der Waals surface area contributed by atoms with Crippen molar-refractivity contribution >= 4 is 73.5 Å². The Labute approximate surface area is 451 Å². The van der Waals surface area contributed by atoms with Crippen LogP contribution in [-0.4, -0.2) is 79.3 Å². The molecule has 4 heterocycles. The van der Waals surface area contributed by atoms with Crippen molar-refractivity contribution in [2.24, 2.45) is 16.2 Å². The molecule has 0 atom stereocenters. The smallest absolute Gasteiger partial charge is 0.0941 e. The van der Waals surface area contributed by atoms with E-state index in [1.165, 1.54) is 44.2 Å². The van der Waals surface area contributed by atoms with Gasteiger partial charge in [0.15, 0.2) is 0 Å². The normalized spacial score (nSPS) is 17.5. The van der Waals surface area contributed by atoms with Crippen LogP contribution in [-0.2, 0) is 66.9 Å². The Kier molecular flexibility index (Phi) is 21.3. The topological polar surface area (TPSA) is 55.4 Å². The number of hydrogen-bond acceptors (Lipinski definition) is 11. The fourth-order valence-corrected chi connectivity index (χ4v) is 19.1. The fourth-order valence-electron chi connectivity index (χ4n) is 10.9. The lowest BCUT2D eigenvalue weighted by Gasteiger charge is -2.30. The monoisotopic (exact) mass is 1110 g/mol. The molecule has 1 aromatic carbocycles. The van der Waals surface area contributed by atoms with Gasteiger partial charge >= 0.3 is 0 Å². The second kappa shape index (κ2) is 26.8. The van der Waals surface area contributed by atoms with Crippen LogP contribution in [0.2, 0.25) is 0 Å². The maximum atomic E-state index is 6.70. The van der Waals surface area contributed by atoms with E-state index in [1.54, 1.807) is 27.1 Å². The number of unbranched alkanes of at least 4 members (excludes halogenated alkanes) is 6. The Morgan fingerprint density at radius 3 is 1.09 bits per heavy atom. The molecule has 0 fully saturated rings. The molecule has 0 bridgehead atoms. The van der Waals surface area contributed by atoms with Gasteiger partial charge in [0.05, 0.1) is 48.0 Å². The van der Waals surface area contributed by atoms with Gasteiger partial charge in [-0.05, 0) is 138 Å². The summed E-state index contributed by atoms with van der Waals surface area (Å²) in [5, 5.41) is 0. The van der Waals surface area contributed by atoms with Gasteiger partial charge in [0.1, 0.15) is 0 Å². The highest BCUT2D eigenvalue weighted by molar-refractivity contribution is 9.11. The van der Waals surface area contributed by atoms with Crippen molar-refractivity contribution in [1.82, 2.24) is 0 Å². The standard InChI is InChI=1S/C58H83BrO6S5/c1-7-13-23-60-35-56(36-61-24-14-8-2)29-41-42(30-56)51(52-45-33-58(39-64-27-17-11-5,40-65-28-18-12-6)34-46(45)54(59)70-52)68-49(41)50-43-31-57(37-62-25-15-9-3,38-63-26-16-10-4)32-44(43)53(69-50)55-66-47-21-19-20-22-48(47)67-55/h19-22,55H,7-18,23-40H2,1-6H3. The van der Waals surface area contributed by atoms with Gasteiger partial charge in [-0.2, -0.15) is 0 Å². The average Bonchev–Trinajstić information content (AvgIpc) is 4.24. The molecule has 8 rings (SSSR count). The van der Waals surface area contributed by atoms with Crippen LogP contribution in [0.4, 0.5) is 0 Å². The van der Waals surface area contributed by atoms with Crippen molar-refractivity contribution in [3.8, 4) is 19.5 Å². The Morgan fingerprint density at radius 1 is 0.414 bits per heavy atom. The minimum atomic E-state index is -0.114. The Morgan fingerprint density at radius 2 is 0.714 bits per heavy atom. The summed E-state index contributed by atoms with van der Waals surface area (Å²) < 4.78 is 41.4. The predicted octanol–water partition coefficient (Wildman–Crippen LogP) is 17.0. The molecule has 0 spiro atoms. The van der Waals surface area contributed by atoms with E-state index in [-0.39, 0.29) is 16.2 Å². The third kappa shape index (κ3) is 13.1. The quantitative estimate of drug-likeness (QED) is 0.0438. The van der Waals surface area contributed by atoms with Gasteiger partial charge in [-0.1, -0.05) is 92.2 Å². The van der Waals surface area contributed by atoms with E-state index in [2.05, 4.69) is 128 Å². The van der Waals surface area contributed by atoms with Crippen molar-refractivity contribution in [2.45, 2.75) is 171 Å². The van der Waals surface area contributed by atoms with E-state index >= 15 is 0 Å². The number of benzene rings is 1. The molecule has 0 radical (unpaired) electrons. The molecule has 0 unspecified atom stereocenters. The molecule has 70 heavy (non-hydrogen) atoms. The van der Waals surface area contributed by atoms with Crippen LogP contribution in [0, 0.1) is 16.2 Å². The lowest BCUT2D eigenvalue weighted by Crippen LogP contribution is -2.34. The maximum absolute atomic E-state index is 6.70. The largest absolute Gasteiger partial charge is 0.381 e. The van der Waals surface area contributed by atoms with Crippen LogP contribution in [0.5, 0.6) is 0 Å². The summed E-state index contributed by atoms with van der Waals surface area (Å²) in [6.45, 7) is 22.8. The molecule has 3 aromatic heterocycles. The van der Waals surface area contributed by atoms with Crippen molar-refractivity contribution < 1.29 is 28.4 Å². The Hall–Kier alpha value is -0.740. The molecule has 6 nitrogen and oxygen atoms in total. The Balaban J connectivity index is 1.24. The Bertz CT molecular complexity index is 2200. The molecule has 0 amide bonds. The molecule has 388 valence electrons. The first-order valence-corrected chi connectivity index (χ1v) is 32.2. The first-order valence-electron chi connectivity index (χ1n) is 27.2. The van der Waals surface area contributed by atoms with Crippen LogP contribution in [0.15, 0.2) is 37.8 Å². The number of fused-ring (bicyclic) bond motifs is 4. The molecule has 0 saturated heterocycles. The van der Waals surface area contributed by atoms with Crippen molar-refractivity contribution in [1.29, 1.82) is 0 Å². The first-order chi connectivity index (χ1) is 34.2. The fraction of sp³-hybridized carbons (Fsp3) is 0.690. The van der Waals surface area contributed by atoms with Crippen molar-refractivity contribution in [2.75, 3.05) is 79.3 Å². The average molecular weight is 1120 g/mol. The minimum absolute atomic E-state index is 0.0654. The highest BCUT2D eigenvalue weighted by Crippen LogP contribution is 2.64. The summed E-state index contributed by atoms with van der Waals surface area (Å²) in [5.41, 5.74) is 8.96. The molecule has 3 aliphatic carbocycles. The van der Waals surface area contributed by atoms with Gasteiger partial charge in [-0.25, -0.2) is 0 Å². The number of halogens is 1. The van der Waals surface area contributed by atoms with Crippen LogP contribution < -0.4 is 0 Å². The third-order valence-electron chi connectivity index (χ3n) is 14.9. The zero-order valence-corrected chi connectivity index (χ0v) is 49.1. The van der Waals surface area contributed by atoms with E-state index in [4.69, 9.17) is 28.4 Å². The zero-order valence-electron chi connectivity index (χ0n) is 43.5. The lowest BCUT2D eigenvalue weighted by atomic mass is 9.85. The molecular formula is C58H83BrO6S5. The number of ether oxygens (including phenoxy) is 6. The number of hydrogen-bond donors (Lipinski definition) is 0. The maximum Gasteiger partial charge on any atom is 0.0941 e. The van der Waals surface area contributed by atoms with Gasteiger partial charge in [-0.15, -0.1) is 57.5 Å². The van der Waals surface area contributed by atoms with E-state index in [9.17, 15) is 0 Å².